The fraction of sp³-hybridized carbons (Fsp3) is 0.643. The maximum atomic E-state index is 6.06. The lowest BCUT2D eigenvalue weighted by molar-refractivity contribution is -0.0244. The zero-order chi connectivity index (χ0) is 13.7. The van der Waals surface area contributed by atoms with Gasteiger partial charge in [-0.05, 0) is 12.0 Å². The molecule has 106 valence electrons. The molecule has 1 unspecified atom stereocenters. The molecule has 1 aliphatic rings. The molecule has 0 aromatic carbocycles. The summed E-state index contributed by atoms with van der Waals surface area (Å²) >= 11 is 6.06. The highest BCUT2D eigenvalue weighted by atomic mass is 35.5. The molecule has 2 heterocycles. The Bertz CT molecular complexity index is 400. The molecule has 4 nitrogen and oxygen atoms in total. The second-order valence-corrected chi connectivity index (χ2v) is 5.79. The lowest BCUT2D eigenvalue weighted by atomic mass is 10.2. The summed E-state index contributed by atoms with van der Waals surface area (Å²) < 4.78 is 5.79. The molecule has 0 bridgehead atoms. The van der Waals surface area contributed by atoms with Crippen LogP contribution < -0.4 is 5.32 Å². The van der Waals surface area contributed by atoms with E-state index in [0.717, 1.165) is 38.5 Å². The van der Waals surface area contributed by atoms with E-state index in [4.69, 9.17) is 16.3 Å². The third-order valence-corrected chi connectivity index (χ3v) is 3.44. The zero-order valence-corrected chi connectivity index (χ0v) is 12.4. The average Bonchev–Trinajstić information content (AvgIpc) is 2.37. The summed E-state index contributed by atoms with van der Waals surface area (Å²) in [7, 11) is 0. The number of nitrogens with zero attached hydrogens (tertiary/aromatic N) is 2. The van der Waals surface area contributed by atoms with E-state index in [0.29, 0.717) is 10.9 Å². The quantitative estimate of drug-likeness (QED) is 0.901. The number of pyridine rings is 1. The number of ether oxygens (including phenoxy) is 1. The van der Waals surface area contributed by atoms with Crippen LogP contribution in [-0.2, 0) is 4.74 Å². The predicted molar refractivity (Wildman–Crippen MR) is 78.8 cm³/mol. The van der Waals surface area contributed by atoms with E-state index in [1.807, 2.05) is 6.07 Å². The zero-order valence-electron chi connectivity index (χ0n) is 11.6. The molecule has 0 saturated carbocycles. The van der Waals surface area contributed by atoms with Crippen molar-refractivity contribution in [2.45, 2.75) is 20.0 Å². The number of anilines is 1. The molecular weight excluding hydrogens is 262 g/mol. The number of aromatic nitrogens is 1. The highest BCUT2D eigenvalue weighted by Gasteiger charge is 2.20. The first kappa shape index (κ1) is 14.6. The van der Waals surface area contributed by atoms with Gasteiger partial charge in [-0.25, -0.2) is 0 Å². The van der Waals surface area contributed by atoms with Crippen molar-refractivity contribution >= 4 is 17.3 Å². The van der Waals surface area contributed by atoms with Gasteiger partial charge in [-0.3, -0.25) is 9.88 Å². The normalized spacial score (nSPS) is 20.7. The van der Waals surface area contributed by atoms with Crippen LogP contribution in [-0.4, -0.2) is 48.8 Å². The van der Waals surface area contributed by atoms with Crippen molar-refractivity contribution in [3.63, 3.8) is 0 Å². The van der Waals surface area contributed by atoms with Crippen molar-refractivity contribution in [1.29, 1.82) is 0 Å². The monoisotopic (exact) mass is 283 g/mol. The smallest absolute Gasteiger partial charge is 0.0874 e. The molecule has 1 saturated heterocycles. The minimum atomic E-state index is 0.219. The second-order valence-electron chi connectivity index (χ2n) is 5.38. The van der Waals surface area contributed by atoms with Crippen LogP contribution in [0.3, 0.4) is 0 Å². The maximum Gasteiger partial charge on any atom is 0.0874 e. The Kier molecular flexibility index (Phi) is 5.43. The highest BCUT2D eigenvalue weighted by molar-refractivity contribution is 6.33. The van der Waals surface area contributed by atoms with E-state index >= 15 is 0 Å². The van der Waals surface area contributed by atoms with Crippen molar-refractivity contribution in [2.75, 3.05) is 38.1 Å². The lowest BCUT2D eigenvalue weighted by Gasteiger charge is -2.34. The van der Waals surface area contributed by atoms with Crippen molar-refractivity contribution in [3.05, 3.63) is 23.5 Å². The number of nitrogens with one attached hydrogen (secondary N) is 1. The van der Waals surface area contributed by atoms with E-state index in [2.05, 4.69) is 29.0 Å². The molecule has 1 aromatic rings. The molecule has 0 aliphatic carbocycles. The maximum absolute atomic E-state index is 6.06. The molecule has 1 N–H and O–H groups in total. The summed E-state index contributed by atoms with van der Waals surface area (Å²) in [6.07, 6.45) is 3.61. The van der Waals surface area contributed by atoms with Gasteiger partial charge < -0.3 is 10.1 Å². The van der Waals surface area contributed by atoms with Gasteiger partial charge in [0.15, 0.2) is 0 Å². The Morgan fingerprint density at radius 1 is 1.58 bits per heavy atom. The number of hydrogen-bond donors (Lipinski definition) is 1. The third kappa shape index (κ3) is 4.64. The van der Waals surface area contributed by atoms with Crippen LogP contribution in [0.15, 0.2) is 18.5 Å². The molecule has 0 spiro atoms. The summed E-state index contributed by atoms with van der Waals surface area (Å²) in [5.41, 5.74) is 0.918. The molecule has 1 aliphatic heterocycles. The van der Waals surface area contributed by atoms with E-state index in [9.17, 15) is 0 Å². The minimum absolute atomic E-state index is 0.219. The Labute approximate surface area is 120 Å². The van der Waals surface area contributed by atoms with E-state index in [1.54, 1.807) is 12.4 Å². The molecule has 1 aromatic heterocycles. The molecule has 1 fully saturated rings. The summed E-state index contributed by atoms with van der Waals surface area (Å²) in [6.45, 7) is 9.23. The Morgan fingerprint density at radius 3 is 3.16 bits per heavy atom. The van der Waals surface area contributed by atoms with Crippen LogP contribution in [0.5, 0.6) is 0 Å². The molecule has 0 radical (unpaired) electrons. The fourth-order valence-corrected chi connectivity index (χ4v) is 2.51. The topological polar surface area (TPSA) is 37.4 Å². The van der Waals surface area contributed by atoms with E-state index in [-0.39, 0.29) is 6.10 Å². The van der Waals surface area contributed by atoms with Gasteiger partial charge in [0.2, 0.25) is 0 Å². The van der Waals surface area contributed by atoms with Gasteiger partial charge >= 0.3 is 0 Å². The largest absolute Gasteiger partial charge is 0.381 e. The lowest BCUT2D eigenvalue weighted by Crippen LogP contribution is -2.46. The van der Waals surface area contributed by atoms with Gasteiger partial charge in [-0.2, -0.15) is 0 Å². The number of morpholine rings is 1. The van der Waals surface area contributed by atoms with Crippen LogP contribution in [0, 0.1) is 5.92 Å². The minimum Gasteiger partial charge on any atom is -0.381 e. The number of halogens is 1. The molecule has 0 amide bonds. The summed E-state index contributed by atoms with van der Waals surface area (Å²) in [5.74, 6) is 0.696. The van der Waals surface area contributed by atoms with Gasteiger partial charge in [0.05, 0.1) is 23.4 Å². The van der Waals surface area contributed by atoms with Crippen molar-refractivity contribution in [3.8, 4) is 0 Å². The van der Waals surface area contributed by atoms with Crippen LogP contribution in [0.25, 0.3) is 0 Å². The predicted octanol–water partition coefficient (Wildman–Crippen LogP) is 2.50. The average molecular weight is 284 g/mol. The van der Waals surface area contributed by atoms with Gasteiger partial charge in [0.1, 0.15) is 0 Å². The van der Waals surface area contributed by atoms with Gasteiger partial charge in [0, 0.05) is 38.6 Å². The van der Waals surface area contributed by atoms with Gasteiger partial charge in [-0.1, -0.05) is 25.4 Å². The molecular formula is C14H22ClN3O. The molecule has 1 atom stereocenters. The Balaban J connectivity index is 1.81. The summed E-state index contributed by atoms with van der Waals surface area (Å²) in [6, 6.07) is 1.89. The van der Waals surface area contributed by atoms with Gasteiger partial charge in [0.25, 0.3) is 0 Å². The van der Waals surface area contributed by atoms with Crippen LogP contribution >= 0.6 is 11.6 Å². The van der Waals surface area contributed by atoms with Crippen molar-refractivity contribution in [1.82, 2.24) is 9.88 Å². The standard InChI is InChI=1S/C14H22ClN3O/c1-11(2)9-18-5-6-19-12(10-18)7-17-14-3-4-16-8-13(14)15/h3-4,8,11-12H,5-7,9-10H2,1-2H3,(H,16,17). The molecule has 2 rings (SSSR count). The SMILES string of the molecule is CC(C)CN1CCOC(CNc2ccncc2Cl)C1. The Hall–Kier alpha value is -0.840. The second kappa shape index (κ2) is 7.08. The number of rotatable bonds is 5. The summed E-state index contributed by atoms with van der Waals surface area (Å²) in [5, 5.41) is 3.98. The van der Waals surface area contributed by atoms with Crippen LogP contribution in [0.1, 0.15) is 13.8 Å². The highest BCUT2D eigenvalue weighted by Crippen LogP contribution is 2.19. The van der Waals surface area contributed by atoms with Crippen LogP contribution in [0.2, 0.25) is 5.02 Å². The van der Waals surface area contributed by atoms with E-state index in [1.165, 1.54) is 0 Å². The van der Waals surface area contributed by atoms with E-state index < -0.39 is 0 Å². The fourth-order valence-electron chi connectivity index (χ4n) is 2.33. The first-order valence-corrected chi connectivity index (χ1v) is 7.20. The first-order chi connectivity index (χ1) is 9.15. The van der Waals surface area contributed by atoms with Crippen molar-refractivity contribution in [2.24, 2.45) is 5.92 Å². The Morgan fingerprint density at radius 2 is 2.42 bits per heavy atom. The summed E-state index contributed by atoms with van der Waals surface area (Å²) in [4.78, 5) is 6.44. The van der Waals surface area contributed by atoms with Crippen molar-refractivity contribution < 1.29 is 4.74 Å². The first-order valence-electron chi connectivity index (χ1n) is 6.82. The third-order valence-electron chi connectivity index (χ3n) is 3.14. The van der Waals surface area contributed by atoms with Gasteiger partial charge in [-0.15, -0.1) is 0 Å². The molecule has 19 heavy (non-hydrogen) atoms. The van der Waals surface area contributed by atoms with Crippen LogP contribution in [0.4, 0.5) is 5.69 Å². The number of hydrogen-bond acceptors (Lipinski definition) is 4. The molecule has 5 heteroatoms.